The van der Waals surface area contributed by atoms with E-state index in [-0.39, 0.29) is 31.9 Å². The van der Waals surface area contributed by atoms with Crippen molar-refractivity contribution in [2.45, 2.75) is 64.2 Å². The molecule has 2 aromatic heterocycles. The molecule has 5 aromatic carbocycles. The molecule has 7 aromatic rings. The molecule has 1 atom stereocenters. The molecule has 3 nitrogen and oxygen atoms in total. The first kappa shape index (κ1) is 35.0. The second-order valence-corrected chi connectivity index (χ2v) is 25.5. The van der Waals surface area contributed by atoms with Gasteiger partial charge >= 0.3 is 128 Å². The quantitative estimate of drug-likeness (QED) is 0.123. The van der Waals surface area contributed by atoms with Crippen LogP contribution in [0, 0.1) is 38.8 Å². The van der Waals surface area contributed by atoms with E-state index in [4.69, 9.17) is 12.2 Å². The molecule has 0 amide bonds. The molecule has 0 fully saturated rings. The normalized spacial score (nSPS) is 14.6. The number of hydrogen-bond acceptors (Lipinski definition) is 3. The van der Waals surface area contributed by atoms with Crippen LogP contribution in [0.3, 0.4) is 0 Å². The van der Waals surface area contributed by atoms with E-state index in [0.717, 1.165) is 60.1 Å². The molecule has 1 aliphatic heterocycles. The fraction of sp³-hybridized carbons (Fsp3) is 0.234. The molecule has 0 spiro atoms. The maximum atomic E-state index is 8.56. The number of para-hydroxylation sites is 2. The van der Waals surface area contributed by atoms with E-state index in [2.05, 4.69) is 110 Å². The van der Waals surface area contributed by atoms with Crippen molar-refractivity contribution in [1.29, 1.82) is 0 Å². The average molecular weight is 922 g/mol. The topological polar surface area (TPSA) is 38.4 Å². The van der Waals surface area contributed by atoms with Gasteiger partial charge in [0.1, 0.15) is 5.58 Å². The van der Waals surface area contributed by atoms with Gasteiger partial charge in [-0.15, -0.1) is 18.2 Å². The van der Waals surface area contributed by atoms with Crippen LogP contribution in [0.15, 0.2) is 119 Å². The third-order valence-electron chi connectivity index (χ3n) is 9.52. The number of aliphatic imine (C=N–C) groups is 1. The second-order valence-electron chi connectivity index (χ2n) is 14.9. The molecule has 8 rings (SSSR count). The first-order valence-corrected chi connectivity index (χ1v) is 25.2. The summed E-state index contributed by atoms with van der Waals surface area (Å²) in [6.45, 7) is 10.4. The summed E-state index contributed by atoms with van der Waals surface area (Å²) in [4.78, 5) is 9.73. The molecular formula is C47H46GeIrN2O-2. The summed E-state index contributed by atoms with van der Waals surface area (Å²) in [7, 11) is 0. The van der Waals surface area contributed by atoms with Crippen LogP contribution in [0.2, 0.25) is 17.3 Å². The Balaban J connectivity index is 0.000000193. The van der Waals surface area contributed by atoms with Crippen molar-refractivity contribution in [3.8, 4) is 11.3 Å². The molecular weight excluding hydrogens is 873 g/mol. The maximum absolute atomic E-state index is 8.56. The minimum absolute atomic E-state index is 0. The van der Waals surface area contributed by atoms with E-state index in [1.54, 1.807) is 0 Å². The fourth-order valence-corrected chi connectivity index (χ4v) is 10.3. The van der Waals surface area contributed by atoms with Crippen LogP contribution in [0.25, 0.3) is 33.2 Å². The van der Waals surface area contributed by atoms with Gasteiger partial charge in [0.2, 0.25) is 0 Å². The maximum Gasteiger partial charge on any atom is 0 e. The van der Waals surface area contributed by atoms with Crippen molar-refractivity contribution >= 4 is 51.0 Å². The van der Waals surface area contributed by atoms with Crippen LogP contribution < -0.4 is 4.40 Å². The van der Waals surface area contributed by atoms with Crippen LogP contribution >= 0.6 is 0 Å². The van der Waals surface area contributed by atoms with Crippen LogP contribution in [0.5, 0.6) is 0 Å². The number of hydrogen-bond donors (Lipinski definition) is 0. The summed E-state index contributed by atoms with van der Waals surface area (Å²) < 4.78 is 24.6. The van der Waals surface area contributed by atoms with Gasteiger partial charge in [-0.25, -0.2) is 0 Å². The van der Waals surface area contributed by atoms with Gasteiger partial charge in [0.25, 0.3) is 0 Å². The molecule has 0 aliphatic carbocycles. The van der Waals surface area contributed by atoms with Gasteiger partial charge in [0.15, 0.2) is 0 Å². The molecule has 0 bridgehead atoms. The Morgan fingerprint density at radius 2 is 1.54 bits per heavy atom. The molecule has 5 heteroatoms. The summed E-state index contributed by atoms with van der Waals surface area (Å²) in [6, 6.07) is 41.6. The predicted octanol–water partition coefficient (Wildman–Crippen LogP) is 11.9. The summed E-state index contributed by atoms with van der Waals surface area (Å²) in [5.74, 6) is 6.83. The molecule has 0 N–H and O–H groups in total. The SMILES string of the molecule is Cc1cc(C)c(C2C(c3[c-]ccc4c3oc3ccccc34)=Nc3ccccc32)c(C)c1.[2H]C([2H])(c1cc(-c2[c-]cccc2)nc[c]1[Ge]([CH3])([CH3])[CH3])C(C)C.[Ir]. The molecule has 1 aliphatic rings. The Hall–Kier alpha value is -4.09. The second kappa shape index (κ2) is 15.5. The average Bonchev–Trinajstić information content (AvgIpc) is 3.70. The summed E-state index contributed by atoms with van der Waals surface area (Å²) in [6.07, 6.45) is 0.562. The van der Waals surface area contributed by atoms with E-state index < -0.39 is 19.6 Å². The number of benzene rings is 5. The third kappa shape index (κ3) is 7.53. The van der Waals surface area contributed by atoms with Crippen LogP contribution in [0.4, 0.5) is 5.69 Å². The Morgan fingerprint density at radius 3 is 2.25 bits per heavy atom. The standard InChI is InChI=1S/C29H22NO.C18H24GeN.Ir/c1-17-15-18(2)26(19(3)16-17)27-22-10-4-6-13-24(22)30-28(27)23-12-8-11-21-20-9-5-7-14-25(20)31-29(21)23;1-14(2)11-16-12-18(15-9-7-6-8-10-15)20-13-17(16)19(3,4)5;/h4-11,13-16,27H,1-3H3;6-9,12-14H,11H2,1-5H3;/q2*-1;/i;11D2;. The van der Waals surface area contributed by atoms with Crippen LogP contribution in [-0.4, -0.2) is 24.0 Å². The van der Waals surface area contributed by atoms with Crippen LogP contribution in [-0.2, 0) is 26.5 Å². The summed E-state index contributed by atoms with van der Waals surface area (Å²) in [5.41, 5.74) is 13.7. The molecule has 52 heavy (non-hydrogen) atoms. The van der Waals surface area contributed by atoms with Crippen molar-refractivity contribution in [3.63, 3.8) is 0 Å². The molecule has 0 saturated carbocycles. The predicted molar refractivity (Wildman–Crippen MR) is 218 cm³/mol. The van der Waals surface area contributed by atoms with Gasteiger partial charge in [-0.1, -0.05) is 65.0 Å². The first-order valence-electron chi connectivity index (χ1n) is 18.8. The Morgan fingerprint density at radius 1 is 0.827 bits per heavy atom. The van der Waals surface area contributed by atoms with Crippen molar-refractivity contribution in [2.24, 2.45) is 10.9 Å². The van der Waals surface area contributed by atoms with E-state index in [0.29, 0.717) is 0 Å². The number of aryl methyl sites for hydroxylation is 3. The summed E-state index contributed by atoms with van der Waals surface area (Å²) in [5, 5.41) is 2.24. The monoisotopic (exact) mass is 923 g/mol. The molecule has 0 saturated heterocycles. The zero-order valence-electron chi connectivity index (χ0n) is 33.2. The number of nitrogens with zero attached hydrogens (tertiary/aromatic N) is 2. The van der Waals surface area contributed by atoms with E-state index in [9.17, 15) is 0 Å². The Kier molecular flexibility index (Phi) is 10.4. The van der Waals surface area contributed by atoms with E-state index in [1.807, 2.05) is 68.6 Å². The van der Waals surface area contributed by atoms with Gasteiger partial charge in [-0.05, 0) is 60.9 Å². The Labute approximate surface area is 328 Å². The minimum Gasteiger partial charge on any atom is 0 e. The fourth-order valence-electron chi connectivity index (χ4n) is 7.38. The third-order valence-corrected chi connectivity index (χ3v) is 13.8. The molecule has 1 unspecified atom stereocenters. The van der Waals surface area contributed by atoms with Gasteiger partial charge in [0, 0.05) is 31.4 Å². The smallest absolute Gasteiger partial charge is 0 e. The zero-order valence-corrected chi connectivity index (χ0v) is 35.7. The number of pyridine rings is 1. The van der Waals surface area contributed by atoms with E-state index in [1.165, 1.54) is 27.8 Å². The number of rotatable bonds is 6. The van der Waals surface area contributed by atoms with E-state index >= 15 is 0 Å². The van der Waals surface area contributed by atoms with Crippen molar-refractivity contribution in [1.82, 2.24) is 4.98 Å². The Bertz CT molecular complexity index is 2480. The van der Waals surface area contributed by atoms with Crippen LogP contribution in [0.1, 0.15) is 61.5 Å². The molecule has 1 radical (unpaired) electrons. The molecule has 265 valence electrons. The van der Waals surface area contributed by atoms with Crippen molar-refractivity contribution in [3.05, 3.63) is 160 Å². The largest absolute Gasteiger partial charge is 0 e. The van der Waals surface area contributed by atoms with Gasteiger partial charge in [0.05, 0.1) is 11.3 Å². The van der Waals surface area contributed by atoms with Gasteiger partial charge < -0.3 is 4.42 Å². The zero-order chi connectivity index (χ0) is 37.7. The summed E-state index contributed by atoms with van der Waals surface area (Å²) >= 11 is -2.20. The van der Waals surface area contributed by atoms with Crippen molar-refractivity contribution in [2.75, 3.05) is 0 Å². The van der Waals surface area contributed by atoms with Crippen molar-refractivity contribution < 1.29 is 27.3 Å². The first-order chi connectivity index (χ1) is 25.3. The number of aromatic nitrogens is 1. The minimum atomic E-state index is -2.20. The molecule has 3 heterocycles. The van der Waals surface area contributed by atoms with Gasteiger partial charge in [-0.2, -0.15) is 0 Å². The number of fused-ring (bicyclic) bond motifs is 4. The number of furan rings is 1. The van der Waals surface area contributed by atoms with Gasteiger partial charge in [-0.3, -0.25) is 4.99 Å².